The third kappa shape index (κ3) is 4.64. The second kappa shape index (κ2) is 8.79. The number of nitrogens with zero attached hydrogens (tertiary/aromatic N) is 5. The summed E-state index contributed by atoms with van der Waals surface area (Å²) < 4.78 is 11.8. The number of hydrogen-bond donors (Lipinski definition) is 2. The number of aromatic hydroxyl groups is 1. The highest BCUT2D eigenvalue weighted by atomic mass is 16.5. The first-order valence-electron chi connectivity index (χ1n) is 9.01. The topological polar surface area (TPSA) is 119 Å². The molecule has 0 atom stereocenters. The summed E-state index contributed by atoms with van der Waals surface area (Å²) in [6, 6.07) is 12.7. The van der Waals surface area contributed by atoms with Gasteiger partial charge < -0.3 is 14.6 Å². The van der Waals surface area contributed by atoms with E-state index in [1.54, 1.807) is 36.7 Å². The number of hydrogen-bond acceptors (Lipinski definition) is 8. The number of H-pyrrole nitrogens is 1. The molecule has 0 amide bonds. The number of ether oxygens (including phenoxy) is 2. The fourth-order valence-corrected chi connectivity index (χ4v) is 2.73. The molecule has 3 aromatic heterocycles. The second-order valence-electron chi connectivity index (χ2n) is 6.13. The van der Waals surface area contributed by atoms with E-state index in [1.807, 2.05) is 18.2 Å². The van der Waals surface area contributed by atoms with Gasteiger partial charge in [0.25, 0.3) is 5.88 Å². The van der Waals surface area contributed by atoms with Crippen molar-refractivity contribution in [2.45, 2.75) is 12.8 Å². The molecule has 0 aliphatic carbocycles. The van der Waals surface area contributed by atoms with Crippen LogP contribution in [0.4, 0.5) is 0 Å². The molecule has 29 heavy (non-hydrogen) atoms. The van der Waals surface area contributed by atoms with Crippen LogP contribution < -0.4 is 9.47 Å². The Hall–Kier alpha value is -4.01. The van der Waals surface area contributed by atoms with Crippen LogP contribution in [0.25, 0.3) is 11.4 Å². The van der Waals surface area contributed by atoms with Gasteiger partial charge in [-0.05, 0) is 54.0 Å². The van der Waals surface area contributed by atoms with E-state index in [0.717, 1.165) is 17.5 Å². The Morgan fingerprint density at radius 3 is 2.90 bits per heavy atom. The monoisotopic (exact) mass is 390 g/mol. The normalized spacial score (nSPS) is 10.6. The van der Waals surface area contributed by atoms with Gasteiger partial charge in [0.15, 0.2) is 5.75 Å². The summed E-state index contributed by atoms with van der Waals surface area (Å²) in [5.41, 5.74) is 1.61. The molecule has 0 spiro atoms. The van der Waals surface area contributed by atoms with E-state index in [0.29, 0.717) is 36.2 Å². The molecule has 4 rings (SSSR count). The molecule has 0 saturated carbocycles. The smallest absolute Gasteiger partial charge is 0.262 e. The number of pyridine rings is 2. The van der Waals surface area contributed by atoms with Gasteiger partial charge in [-0.15, -0.1) is 10.2 Å². The second-order valence-corrected chi connectivity index (χ2v) is 6.13. The lowest BCUT2D eigenvalue weighted by molar-refractivity contribution is 0.292. The van der Waals surface area contributed by atoms with Crippen molar-refractivity contribution in [3.05, 3.63) is 66.6 Å². The Labute approximate surface area is 166 Å². The number of aryl methyl sites for hydroxylation is 1. The molecule has 0 fully saturated rings. The minimum atomic E-state index is 0.194. The van der Waals surface area contributed by atoms with E-state index in [4.69, 9.17) is 9.47 Å². The van der Waals surface area contributed by atoms with Gasteiger partial charge in [0, 0.05) is 18.0 Å². The van der Waals surface area contributed by atoms with Crippen LogP contribution in [-0.2, 0) is 6.42 Å². The van der Waals surface area contributed by atoms with E-state index in [-0.39, 0.29) is 5.75 Å². The summed E-state index contributed by atoms with van der Waals surface area (Å²) in [5.74, 6) is 2.16. The van der Waals surface area contributed by atoms with Crippen molar-refractivity contribution in [2.75, 3.05) is 6.61 Å². The fraction of sp³-hybridized carbons (Fsp3) is 0.150. The Bertz CT molecular complexity index is 1070. The van der Waals surface area contributed by atoms with Gasteiger partial charge in [-0.1, -0.05) is 12.1 Å². The molecule has 0 unspecified atom stereocenters. The van der Waals surface area contributed by atoms with E-state index in [2.05, 4.69) is 30.6 Å². The minimum Gasteiger partial charge on any atom is -0.506 e. The van der Waals surface area contributed by atoms with Crippen molar-refractivity contribution in [1.29, 1.82) is 0 Å². The van der Waals surface area contributed by atoms with Crippen molar-refractivity contribution in [1.82, 2.24) is 30.6 Å². The molecule has 0 bridgehead atoms. The lowest BCUT2D eigenvalue weighted by Gasteiger charge is -2.12. The molecule has 0 radical (unpaired) electrons. The maximum atomic E-state index is 9.78. The zero-order valence-electron chi connectivity index (χ0n) is 15.4. The zero-order chi connectivity index (χ0) is 19.9. The summed E-state index contributed by atoms with van der Waals surface area (Å²) in [4.78, 5) is 8.15. The highest BCUT2D eigenvalue weighted by Crippen LogP contribution is 2.30. The predicted molar refractivity (Wildman–Crippen MR) is 104 cm³/mol. The third-order valence-corrected chi connectivity index (χ3v) is 4.12. The predicted octanol–water partition coefficient (Wildman–Crippen LogP) is 3.17. The molecule has 3 heterocycles. The van der Waals surface area contributed by atoms with Gasteiger partial charge in [-0.25, -0.2) is 4.98 Å². The van der Waals surface area contributed by atoms with Crippen LogP contribution in [0.2, 0.25) is 0 Å². The number of rotatable bonds is 8. The van der Waals surface area contributed by atoms with E-state index in [9.17, 15) is 5.11 Å². The summed E-state index contributed by atoms with van der Waals surface area (Å²) in [6.07, 6.45) is 6.13. The van der Waals surface area contributed by atoms with Gasteiger partial charge in [0.05, 0.1) is 12.8 Å². The van der Waals surface area contributed by atoms with Gasteiger partial charge in [0.1, 0.15) is 11.5 Å². The molecule has 9 nitrogen and oxygen atoms in total. The van der Waals surface area contributed by atoms with Crippen LogP contribution in [0.5, 0.6) is 23.1 Å². The van der Waals surface area contributed by atoms with Crippen LogP contribution in [0.3, 0.4) is 0 Å². The molecule has 146 valence electrons. The highest BCUT2D eigenvalue weighted by molar-refractivity contribution is 5.57. The van der Waals surface area contributed by atoms with Crippen molar-refractivity contribution in [2.24, 2.45) is 0 Å². The van der Waals surface area contributed by atoms with E-state index >= 15 is 0 Å². The molecule has 0 aliphatic rings. The summed E-state index contributed by atoms with van der Waals surface area (Å²) in [6.45, 7) is 0.451. The minimum absolute atomic E-state index is 0.194. The quantitative estimate of drug-likeness (QED) is 0.440. The van der Waals surface area contributed by atoms with Gasteiger partial charge in [-0.3, -0.25) is 4.98 Å². The van der Waals surface area contributed by atoms with Crippen LogP contribution in [0.1, 0.15) is 12.0 Å². The number of aromatic nitrogens is 6. The van der Waals surface area contributed by atoms with Gasteiger partial charge >= 0.3 is 0 Å². The fourth-order valence-electron chi connectivity index (χ4n) is 2.73. The summed E-state index contributed by atoms with van der Waals surface area (Å²) in [5, 5.41) is 23.7. The zero-order valence-corrected chi connectivity index (χ0v) is 15.4. The Morgan fingerprint density at radius 1 is 1.07 bits per heavy atom. The third-order valence-electron chi connectivity index (χ3n) is 4.12. The number of tetrazole rings is 1. The number of benzene rings is 1. The van der Waals surface area contributed by atoms with Gasteiger partial charge in [0.2, 0.25) is 5.82 Å². The average molecular weight is 390 g/mol. The molecular weight excluding hydrogens is 372 g/mol. The standard InChI is InChI=1S/C20H18N6O3/c27-17-13-21-10-8-14(17)5-3-11-28-18-7-2-9-22-20(18)29-16-6-1-4-15(12-16)19-23-25-26-24-19/h1-2,4,6-10,12-13,27H,3,5,11H2,(H,23,24,25,26). The number of nitrogens with one attached hydrogen (secondary N) is 1. The first-order valence-corrected chi connectivity index (χ1v) is 9.01. The van der Waals surface area contributed by atoms with Crippen molar-refractivity contribution >= 4 is 0 Å². The molecule has 4 aromatic rings. The van der Waals surface area contributed by atoms with Crippen LogP contribution in [0, 0.1) is 0 Å². The SMILES string of the molecule is Oc1cnccc1CCCOc1cccnc1Oc1cccc(-c2nn[nH]n2)c1. The first-order chi connectivity index (χ1) is 14.3. The molecule has 9 heteroatoms. The van der Waals surface area contributed by atoms with Crippen LogP contribution in [0.15, 0.2) is 61.1 Å². The Morgan fingerprint density at radius 2 is 2.03 bits per heavy atom. The van der Waals surface area contributed by atoms with Crippen molar-refractivity contribution < 1.29 is 14.6 Å². The summed E-state index contributed by atoms with van der Waals surface area (Å²) >= 11 is 0. The molecular formula is C20H18N6O3. The Kier molecular flexibility index (Phi) is 5.56. The van der Waals surface area contributed by atoms with Crippen LogP contribution >= 0.6 is 0 Å². The average Bonchev–Trinajstić information content (AvgIpc) is 3.29. The lowest BCUT2D eigenvalue weighted by Crippen LogP contribution is -2.02. The molecule has 2 N–H and O–H groups in total. The largest absolute Gasteiger partial charge is 0.506 e. The van der Waals surface area contributed by atoms with E-state index < -0.39 is 0 Å². The van der Waals surface area contributed by atoms with Crippen molar-refractivity contribution in [3.8, 4) is 34.5 Å². The van der Waals surface area contributed by atoms with E-state index in [1.165, 1.54) is 6.20 Å². The molecule has 0 saturated heterocycles. The Balaban J connectivity index is 1.40. The van der Waals surface area contributed by atoms with Crippen molar-refractivity contribution in [3.63, 3.8) is 0 Å². The maximum Gasteiger partial charge on any atom is 0.262 e. The molecule has 0 aliphatic heterocycles. The number of aromatic amines is 1. The lowest BCUT2D eigenvalue weighted by atomic mass is 10.1. The highest BCUT2D eigenvalue weighted by Gasteiger charge is 2.10. The maximum absolute atomic E-state index is 9.78. The van der Waals surface area contributed by atoms with Crippen LogP contribution in [-0.4, -0.2) is 42.3 Å². The first kappa shape index (κ1) is 18.4. The summed E-state index contributed by atoms with van der Waals surface area (Å²) in [7, 11) is 0. The van der Waals surface area contributed by atoms with Gasteiger partial charge in [-0.2, -0.15) is 5.21 Å². The molecule has 1 aromatic carbocycles.